The average Bonchev–Trinajstić information content (AvgIpc) is 2.67. The second-order valence-corrected chi connectivity index (χ2v) is 6.55. The molecule has 11 heteroatoms. The summed E-state index contributed by atoms with van der Waals surface area (Å²) in [6.45, 7) is 2.09. The number of nitrogens with two attached hydrogens (primary N) is 1. The highest BCUT2D eigenvalue weighted by atomic mass is 19.4. The maximum Gasteiger partial charge on any atom is 0.416 e. The molecule has 0 aliphatic carbocycles. The first-order chi connectivity index (χ1) is 14.1. The van der Waals surface area contributed by atoms with Crippen molar-refractivity contribution in [2.45, 2.75) is 32.5 Å². The Morgan fingerprint density at radius 2 is 1.87 bits per heavy atom. The summed E-state index contributed by atoms with van der Waals surface area (Å²) in [4.78, 5) is 40.6. The van der Waals surface area contributed by atoms with E-state index in [-0.39, 0.29) is 37.6 Å². The number of halogens is 3. The van der Waals surface area contributed by atoms with Crippen molar-refractivity contribution in [2.75, 3.05) is 30.9 Å². The quantitative estimate of drug-likeness (QED) is 0.666. The van der Waals surface area contributed by atoms with Crippen LogP contribution in [0.25, 0.3) is 0 Å². The number of amides is 1. The van der Waals surface area contributed by atoms with Crippen LogP contribution in [0.1, 0.15) is 24.5 Å². The molecule has 2 rings (SSSR count). The van der Waals surface area contributed by atoms with Gasteiger partial charge in [0.05, 0.1) is 18.6 Å². The third kappa shape index (κ3) is 5.29. The summed E-state index contributed by atoms with van der Waals surface area (Å²) >= 11 is 0. The third-order valence-corrected chi connectivity index (χ3v) is 4.39. The Balaban J connectivity index is 2.41. The lowest BCUT2D eigenvalue weighted by molar-refractivity contribution is -0.137. The Bertz CT molecular complexity index is 997. The maximum atomic E-state index is 12.9. The molecule has 0 radical (unpaired) electrons. The molecule has 0 aliphatic rings. The van der Waals surface area contributed by atoms with E-state index in [9.17, 15) is 27.6 Å². The molecule has 0 spiro atoms. The molecule has 0 unspecified atom stereocenters. The number of nitrogens with zero attached hydrogens (tertiary/aromatic N) is 2. The van der Waals surface area contributed by atoms with Crippen LogP contribution < -0.4 is 21.9 Å². The Morgan fingerprint density at radius 3 is 2.40 bits per heavy atom. The minimum atomic E-state index is -4.48. The van der Waals surface area contributed by atoms with Crippen molar-refractivity contribution in [1.82, 2.24) is 9.55 Å². The second kappa shape index (κ2) is 9.61. The third-order valence-electron chi connectivity index (χ3n) is 4.39. The topological polar surface area (TPSA) is 110 Å². The molecule has 3 N–H and O–H groups in total. The number of aromatic amines is 1. The monoisotopic (exact) mass is 428 g/mol. The van der Waals surface area contributed by atoms with E-state index >= 15 is 0 Å². The van der Waals surface area contributed by atoms with E-state index in [1.54, 1.807) is 0 Å². The fraction of sp³-hybridized carbons (Fsp3) is 0.421. The summed E-state index contributed by atoms with van der Waals surface area (Å²) in [7, 11) is 1.41. The van der Waals surface area contributed by atoms with Crippen molar-refractivity contribution in [1.29, 1.82) is 0 Å². The minimum Gasteiger partial charge on any atom is -0.383 e. The fourth-order valence-electron chi connectivity index (χ4n) is 2.91. The van der Waals surface area contributed by atoms with Gasteiger partial charge in [-0.1, -0.05) is 19.1 Å². The molecule has 1 aromatic carbocycles. The van der Waals surface area contributed by atoms with Gasteiger partial charge in [0.2, 0.25) is 5.91 Å². The van der Waals surface area contributed by atoms with E-state index in [4.69, 9.17) is 10.5 Å². The van der Waals surface area contributed by atoms with Gasteiger partial charge in [0.1, 0.15) is 5.82 Å². The Labute approximate surface area is 170 Å². The first kappa shape index (κ1) is 23.2. The van der Waals surface area contributed by atoms with Crippen LogP contribution in [0.5, 0.6) is 0 Å². The first-order valence-electron chi connectivity index (χ1n) is 9.18. The molecular formula is C19H23F3N4O4. The number of methoxy groups -OCH3 is 1. The minimum absolute atomic E-state index is 0.0341. The zero-order valence-electron chi connectivity index (χ0n) is 16.6. The van der Waals surface area contributed by atoms with Crippen molar-refractivity contribution >= 4 is 17.4 Å². The number of alkyl halides is 3. The standard InChI is InChI=1S/C19H23F3N4O4/c1-3-8-26-16(23)15(17(28)24-18(26)29)25(9-10-30-2)14(27)11-12-4-6-13(7-5-12)19(20,21)22/h4-7H,3,8-11,23H2,1-2H3,(H,24,28,29). The van der Waals surface area contributed by atoms with Crippen molar-refractivity contribution in [3.8, 4) is 0 Å². The van der Waals surface area contributed by atoms with Crippen molar-refractivity contribution < 1.29 is 22.7 Å². The Morgan fingerprint density at radius 1 is 1.23 bits per heavy atom. The Kier molecular flexibility index (Phi) is 7.43. The molecular weight excluding hydrogens is 405 g/mol. The van der Waals surface area contributed by atoms with Gasteiger partial charge in [0.15, 0.2) is 5.69 Å². The maximum absolute atomic E-state index is 12.9. The van der Waals surface area contributed by atoms with E-state index in [0.29, 0.717) is 12.0 Å². The molecule has 0 atom stereocenters. The smallest absolute Gasteiger partial charge is 0.383 e. The summed E-state index contributed by atoms with van der Waals surface area (Å²) in [5, 5.41) is 0. The van der Waals surface area contributed by atoms with E-state index in [1.807, 2.05) is 6.92 Å². The number of rotatable bonds is 8. The predicted octanol–water partition coefficient (Wildman–Crippen LogP) is 1.77. The number of H-pyrrole nitrogens is 1. The predicted molar refractivity (Wildman–Crippen MR) is 105 cm³/mol. The number of anilines is 2. The lowest BCUT2D eigenvalue weighted by atomic mass is 10.1. The van der Waals surface area contributed by atoms with Crippen LogP contribution in [0.4, 0.5) is 24.7 Å². The molecule has 0 bridgehead atoms. The molecule has 30 heavy (non-hydrogen) atoms. The SMILES string of the molecule is CCCn1c(N)c(N(CCOC)C(=O)Cc2ccc(C(F)(F)F)cc2)c(=O)[nH]c1=O. The highest BCUT2D eigenvalue weighted by molar-refractivity contribution is 5.96. The molecule has 164 valence electrons. The summed E-state index contributed by atoms with van der Waals surface area (Å²) < 4.78 is 44.3. The molecule has 1 heterocycles. The highest BCUT2D eigenvalue weighted by Crippen LogP contribution is 2.29. The molecule has 0 fully saturated rings. The molecule has 8 nitrogen and oxygen atoms in total. The van der Waals surface area contributed by atoms with E-state index in [0.717, 1.165) is 21.6 Å². The van der Waals surface area contributed by atoms with Gasteiger partial charge in [-0.15, -0.1) is 0 Å². The number of hydrogen-bond acceptors (Lipinski definition) is 5. The van der Waals surface area contributed by atoms with Gasteiger partial charge in [0.25, 0.3) is 5.56 Å². The van der Waals surface area contributed by atoms with Crippen LogP contribution in [0.2, 0.25) is 0 Å². The van der Waals surface area contributed by atoms with Crippen LogP contribution in [-0.4, -0.2) is 35.7 Å². The summed E-state index contributed by atoms with van der Waals surface area (Å²) in [6, 6.07) is 4.15. The van der Waals surface area contributed by atoms with E-state index < -0.39 is 28.9 Å². The number of nitrogens with one attached hydrogen (secondary N) is 1. The van der Waals surface area contributed by atoms with Gasteiger partial charge >= 0.3 is 11.9 Å². The number of aromatic nitrogens is 2. The number of nitrogen functional groups attached to an aromatic ring is 1. The van der Waals surface area contributed by atoms with Gasteiger partial charge < -0.3 is 15.4 Å². The number of ether oxygens (including phenoxy) is 1. The number of hydrogen-bond donors (Lipinski definition) is 2. The largest absolute Gasteiger partial charge is 0.416 e. The van der Waals surface area contributed by atoms with Crippen LogP contribution in [-0.2, 0) is 28.7 Å². The number of carbonyl (C=O) groups is 1. The lowest BCUT2D eigenvalue weighted by Crippen LogP contribution is -2.43. The molecule has 1 amide bonds. The summed E-state index contributed by atoms with van der Waals surface area (Å²) in [5.41, 5.74) is 3.80. The van der Waals surface area contributed by atoms with Crippen LogP contribution in [0, 0.1) is 0 Å². The van der Waals surface area contributed by atoms with Crippen LogP contribution in [0.3, 0.4) is 0 Å². The van der Waals surface area contributed by atoms with Gasteiger partial charge in [0, 0.05) is 20.2 Å². The number of carbonyl (C=O) groups excluding carboxylic acids is 1. The molecule has 0 aliphatic heterocycles. The molecule has 0 saturated carbocycles. The molecule has 0 saturated heterocycles. The van der Waals surface area contributed by atoms with E-state index in [2.05, 4.69) is 4.98 Å². The average molecular weight is 428 g/mol. The van der Waals surface area contributed by atoms with E-state index in [1.165, 1.54) is 19.2 Å². The highest BCUT2D eigenvalue weighted by Gasteiger charge is 2.30. The molecule has 1 aromatic heterocycles. The fourth-order valence-corrected chi connectivity index (χ4v) is 2.91. The zero-order valence-corrected chi connectivity index (χ0v) is 16.6. The summed E-state index contributed by atoms with van der Waals surface area (Å²) in [6.07, 6.45) is -4.19. The second-order valence-electron chi connectivity index (χ2n) is 6.55. The van der Waals surface area contributed by atoms with Crippen molar-refractivity contribution in [2.24, 2.45) is 0 Å². The Hall–Kier alpha value is -3.08. The number of benzene rings is 1. The van der Waals surface area contributed by atoms with Crippen LogP contribution in [0.15, 0.2) is 33.9 Å². The zero-order chi connectivity index (χ0) is 22.5. The summed E-state index contributed by atoms with van der Waals surface area (Å²) in [5.74, 6) is -0.742. The van der Waals surface area contributed by atoms with Gasteiger partial charge in [-0.2, -0.15) is 13.2 Å². The van der Waals surface area contributed by atoms with Crippen LogP contribution >= 0.6 is 0 Å². The van der Waals surface area contributed by atoms with Gasteiger partial charge in [-0.05, 0) is 24.1 Å². The first-order valence-corrected chi connectivity index (χ1v) is 9.18. The van der Waals surface area contributed by atoms with Crippen molar-refractivity contribution in [3.05, 3.63) is 56.2 Å². The van der Waals surface area contributed by atoms with Gasteiger partial charge in [-0.25, -0.2) is 4.79 Å². The van der Waals surface area contributed by atoms with Gasteiger partial charge in [-0.3, -0.25) is 19.1 Å². The molecule has 2 aromatic rings. The normalized spacial score (nSPS) is 11.5. The van der Waals surface area contributed by atoms with Crippen molar-refractivity contribution in [3.63, 3.8) is 0 Å². The lowest BCUT2D eigenvalue weighted by Gasteiger charge is -2.24.